The molecule has 1 unspecified atom stereocenters. The number of carboxylic acid groups (broad SMARTS) is 1. The van der Waals surface area contributed by atoms with Crippen LogP contribution in [-0.2, 0) is 7.05 Å². The normalized spacial score (nSPS) is 12.6. The molecule has 0 spiro atoms. The Morgan fingerprint density at radius 1 is 1.50 bits per heavy atom. The predicted molar refractivity (Wildman–Crippen MR) is 74.8 cm³/mol. The van der Waals surface area contributed by atoms with E-state index in [-0.39, 0.29) is 18.1 Å². The van der Waals surface area contributed by atoms with Crippen molar-refractivity contribution in [2.45, 2.75) is 13.3 Å². The molecule has 0 bridgehead atoms. The highest BCUT2D eigenvalue weighted by Crippen LogP contribution is 2.26. The number of hydrogen-bond donors (Lipinski definition) is 3. The smallest absolute Gasteiger partial charge is 0.339 e. The molecule has 3 N–H and O–H groups in total. The van der Waals surface area contributed by atoms with Crippen molar-refractivity contribution in [3.8, 4) is 0 Å². The standard InChI is InChI=1S/C13H18N4O3/c1-8(3-4-18)5-14-11-9-7-16-17(2)12(9)15-6-10(11)13(19)20/h6-8,18H,3-5H2,1-2H3,(H,14,15)(H,19,20). The molecule has 2 rings (SSSR count). The fraction of sp³-hybridized carbons (Fsp3) is 0.462. The summed E-state index contributed by atoms with van der Waals surface area (Å²) in [6.07, 6.45) is 3.61. The molecule has 2 heterocycles. The Kier molecular flexibility index (Phi) is 4.19. The summed E-state index contributed by atoms with van der Waals surface area (Å²) in [5, 5.41) is 26.1. The zero-order chi connectivity index (χ0) is 14.7. The van der Waals surface area contributed by atoms with Gasteiger partial charge in [-0.1, -0.05) is 6.92 Å². The second-order valence-corrected chi connectivity index (χ2v) is 4.86. The van der Waals surface area contributed by atoms with Crippen LogP contribution in [0.15, 0.2) is 12.4 Å². The number of aromatic nitrogens is 3. The molecule has 20 heavy (non-hydrogen) atoms. The highest BCUT2D eigenvalue weighted by Gasteiger charge is 2.17. The van der Waals surface area contributed by atoms with E-state index in [2.05, 4.69) is 15.4 Å². The van der Waals surface area contributed by atoms with Crippen molar-refractivity contribution in [3.63, 3.8) is 0 Å². The van der Waals surface area contributed by atoms with Crippen LogP contribution >= 0.6 is 0 Å². The Labute approximate surface area is 116 Å². The molecule has 7 heteroatoms. The summed E-state index contributed by atoms with van der Waals surface area (Å²) in [7, 11) is 1.76. The molecule has 2 aromatic heterocycles. The number of aliphatic hydroxyl groups excluding tert-OH is 1. The van der Waals surface area contributed by atoms with Gasteiger partial charge >= 0.3 is 5.97 Å². The minimum absolute atomic E-state index is 0.118. The average molecular weight is 278 g/mol. The SMILES string of the molecule is CC(CCO)CNc1c(C(=O)O)cnc2c1cnn2C. The second-order valence-electron chi connectivity index (χ2n) is 4.86. The zero-order valence-corrected chi connectivity index (χ0v) is 11.5. The summed E-state index contributed by atoms with van der Waals surface area (Å²) in [4.78, 5) is 15.4. The van der Waals surface area contributed by atoms with Crippen molar-refractivity contribution in [1.29, 1.82) is 0 Å². The molecule has 0 aliphatic rings. The minimum Gasteiger partial charge on any atom is -0.478 e. The highest BCUT2D eigenvalue weighted by atomic mass is 16.4. The molecule has 1 atom stereocenters. The van der Waals surface area contributed by atoms with E-state index in [1.165, 1.54) is 6.20 Å². The van der Waals surface area contributed by atoms with Gasteiger partial charge in [0.1, 0.15) is 5.56 Å². The molecule has 0 saturated heterocycles. The van der Waals surface area contributed by atoms with Crippen molar-refractivity contribution in [2.24, 2.45) is 13.0 Å². The van der Waals surface area contributed by atoms with E-state index in [4.69, 9.17) is 5.11 Å². The van der Waals surface area contributed by atoms with Crippen molar-refractivity contribution >= 4 is 22.7 Å². The number of nitrogens with one attached hydrogen (secondary N) is 1. The van der Waals surface area contributed by atoms with E-state index >= 15 is 0 Å². The average Bonchev–Trinajstić information content (AvgIpc) is 2.78. The van der Waals surface area contributed by atoms with Crippen LogP contribution in [0, 0.1) is 5.92 Å². The number of fused-ring (bicyclic) bond motifs is 1. The third kappa shape index (κ3) is 2.72. The summed E-state index contributed by atoms with van der Waals surface area (Å²) >= 11 is 0. The lowest BCUT2D eigenvalue weighted by Crippen LogP contribution is -2.15. The van der Waals surface area contributed by atoms with Crippen LogP contribution < -0.4 is 5.32 Å². The van der Waals surface area contributed by atoms with Gasteiger partial charge in [0.05, 0.1) is 17.3 Å². The van der Waals surface area contributed by atoms with E-state index in [0.717, 1.165) is 0 Å². The van der Waals surface area contributed by atoms with Crippen LogP contribution in [-0.4, -0.2) is 44.1 Å². The van der Waals surface area contributed by atoms with Gasteiger partial charge in [0, 0.05) is 26.4 Å². The molecule has 0 radical (unpaired) electrons. The number of aromatic carboxylic acids is 1. The first-order valence-electron chi connectivity index (χ1n) is 6.43. The van der Waals surface area contributed by atoms with Crippen molar-refractivity contribution < 1.29 is 15.0 Å². The highest BCUT2D eigenvalue weighted by molar-refractivity contribution is 6.03. The van der Waals surface area contributed by atoms with Gasteiger partial charge in [0.25, 0.3) is 0 Å². The molecule has 0 saturated carbocycles. The number of anilines is 1. The summed E-state index contributed by atoms with van der Waals surface area (Å²) < 4.78 is 1.60. The van der Waals surface area contributed by atoms with Crippen LogP contribution in [0.5, 0.6) is 0 Å². The van der Waals surface area contributed by atoms with Crippen LogP contribution in [0.4, 0.5) is 5.69 Å². The van der Waals surface area contributed by atoms with Crippen molar-refractivity contribution in [1.82, 2.24) is 14.8 Å². The lowest BCUT2D eigenvalue weighted by Gasteiger charge is -2.14. The Balaban J connectivity index is 2.37. The number of aliphatic hydroxyl groups is 1. The van der Waals surface area contributed by atoms with Gasteiger partial charge in [0.15, 0.2) is 5.65 Å². The van der Waals surface area contributed by atoms with Gasteiger partial charge in [-0.15, -0.1) is 0 Å². The molecule has 0 aromatic carbocycles. The topological polar surface area (TPSA) is 100 Å². The first-order valence-corrected chi connectivity index (χ1v) is 6.43. The van der Waals surface area contributed by atoms with E-state index in [9.17, 15) is 9.90 Å². The van der Waals surface area contributed by atoms with Gasteiger partial charge in [0.2, 0.25) is 0 Å². The second kappa shape index (κ2) is 5.87. The minimum atomic E-state index is -1.03. The lowest BCUT2D eigenvalue weighted by atomic mass is 10.1. The third-order valence-corrected chi connectivity index (χ3v) is 3.24. The van der Waals surface area contributed by atoms with E-state index in [0.29, 0.717) is 29.7 Å². The Bertz CT molecular complexity index is 623. The zero-order valence-electron chi connectivity index (χ0n) is 11.5. The molecule has 0 aliphatic carbocycles. The van der Waals surface area contributed by atoms with Crippen LogP contribution in [0.3, 0.4) is 0 Å². The fourth-order valence-electron chi connectivity index (χ4n) is 2.05. The number of pyridine rings is 1. The Hall–Kier alpha value is -2.15. The van der Waals surface area contributed by atoms with Gasteiger partial charge < -0.3 is 15.5 Å². The molecule has 0 amide bonds. The van der Waals surface area contributed by atoms with E-state index in [1.807, 2.05) is 6.92 Å². The predicted octanol–water partition coefficient (Wildman–Crippen LogP) is 1.10. The summed E-state index contributed by atoms with van der Waals surface area (Å²) in [6.45, 7) is 2.69. The molecule has 7 nitrogen and oxygen atoms in total. The van der Waals surface area contributed by atoms with Gasteiger partial charge in [-0.05, 0) is 12.3 Å². The summed E-state index contributed by atoms with van der Waals surface area (Å²) in [5.41, 5.74) is 1.29. The van der Waals surface area contributed by atoms with Gasteiger partial charge in [-0.3, -0.25) is 4.68 Å². The molecular formula is C13H18N4O3. The molecular weight excluding hydrogens is 260 g/mol. The molecule has 0 fully saturated rings. The maximum atomic E-state index is 11.3. The summed E-state index contributed by atoms with van der Waals surface area (Å²) in [6, 6.07) is 0. The van der Waals surface area contributed by atoms with Gasteiger partial charge in [-0.2, -0.15) is 5.10 Å². The number of aryl methyl sites for hydroxylation is 1. The largest absolute Gasteiger partial charge is 0.478 e. The maximum absolute atomic E-state index is 11.3. The number of hydrogen-bond acceptors (Lipinski definition) is 5. The van der Waals surface area contributed by atoms with Crippen LogP contribution in [0.2, 0.25) is 0 Å². The van der Waals surface area contributed by atoms with E-state index in [1.54, 1.807) is 17.9 Å². The van der Waals surface area contributed by atoms with E-state index < -0.39 is 5.97 Å². The first kappa shape index (κ1) is 14.3. The number of carboxylic acids is 1. The molecule has 0 aliphatic heterocycles. The van der Waals surface area contributed by atoms with Gasteiger partial charge in [-0.25, -0.2) is 9.78 Å². The summed E-state index contributed by atoms with van der Waals surface area (Å²) in [5.74, 6) is -0.790. The Morgan fingerprint density at radius 2 is 2.25 bits per heavy atom. The molecule has 108 valence electrons. The third-order valence-electron chi connectivity index (χ3n) is 3.24. The van der Waals surface area contributed by atoms with Crippen LogP contribution in [0.25, 0.3) is 11.0 Å². The Morgan fingerprint density at radius 3 is 2.90 bits per heavy atom. The monoisotopic (exact) mass is 278 g/mol. The lowest BCUT2D eigenvalue weighted by molar-refractivity contribution is 0.0697. The van der Waals surface area contributed by atoms with Crippen molar-refractivity contribution in [2.75, 3.05) is 18.5 Å². The molecule has 2 aromatic rings. The number of carbonyl (C=O) groups is 1. The first-order chi connectivity index (χ1) is 9.54. The maximum Gasteiger partial charge on any atom is 0.339 e. The number of rotatable bonds is 6. The van der Waals surface area contributed by atoms with Crippen molar-refractivity contribution in [3.05, 3.63) is 18.0 Å². The quantitative estimate of drug-likeness (QED) is 0.731. The number of nitrogens with zero attached hydrogens (tertiary/aromatic N) is 3. The fourth-order valence-corrected chi connectivity index (χ4v) is 2.05. The van der Waals surface area contributed by atoms with Crippen LogP contribution in [0.1, 0.15) is 23.7 Å².